The standard InChI is InChI=1S/C17H15BrN4O3/c1-25-15-7-11(6-12(18)17(15)24)8-20-21-16(23)9-22-10-19-13-4-2-3-5-14(13)22/h2-8,10,24H,9H2,1H3,(H,21,23). The lowest BCUT2D eigenvalue weighted by Gasteiger charge is -2.06. The van der Waals surface area contributed by atoms with Gasteiger partial charge in [0, 0.05) is 0 Å². The van der Waals surface area contributed by atoms with Crippen LogP contribution in [0, 0.1) is 0 Å². The molecule has 1 aromatic heterocycles. The summed E-state index contributed by atoms with van der Waals surface area (Å²) >= 11 is 3.23. The zero-order chi connectivity index (χ0) is 17.8. The molecule has 8 heteroatoms. The van der Waals surface area contributed by atoms with Crippen LogP contribution in [0.25, 0.3) is 11.0 Å². The van der Waals surface area contributed by atoms with Crippen LogP contribution in [-0.2, 0) is 11.3 Å². The Morgan fingerprint density at radius 2 is 2.24 bits per heavy atom. The number of halogens is 1. The number of para-hydroxylation sites is 2. The molecule has 0 saturated heterocycles. The number of hydrogen-bond acceptors (Lipinski definition) is 5. The van der Waals surface area contributed by atoms with Gasteiger partial charge in [0.1, 0.15) is 6.54 Å². The van der Waals surface area contributed by atoms with Crippen LogP contribution >= 0.6 is 15.9 Å². The topological polar surface area (TPSA) is 88.7 Å². The van der Waals surface area contributed by atoms with E-state index in [4.69, 9.17) is 4.74 Å². The second-order valence-corrected chi connectivity index (χ2v) is 6.06. The zero-order valence-corrected chi connectivity index (χ0v) is 14.9. The molecule has 0 atom stereocenters. The highest BCUT2D eigenvalue weighted by atomic mass is 79.9. The van der Waals surface area contributed by atoms with E-state index in [-0.39, 0.29) is 18.2 Å². The molecule has 1 heterocycles. The van der Waals surface area contributed by atoms with Gasteiger partial charge >= 0.3 is 0 Å². The number of nitrogens with zero attached hydrogens (tertiary/aromatic N) is 3. The number of fused-ring (bicyclic) bond motifs is 1. The quantitative estimate of drug-likeness (QED) is 0.507. The van der Waals surface area contributed by atoms with Gasteiger partial charge in [-0.05, 0) is 45.8 Å². The van der Waals surface area contributed by atoms with E-state index < -0.39 is 0 Å². The van der Waals surface area contributed by atoms with Gasteiger partial charge in [-0.25, -0.2) is 10.4 Å². The fourth-order valence-corrected chi connectivity index (χ4v) is 2.79. The number of aromatic nitrogens is 2. The number of aromatic hydroxyl groups is 1. The van der Waals surface area contributed by atoms with Crippen molar-refractivity contribution in [2.45, 2.75) is 6.54 Å². The molecule has 0 fully saturated rings. The molecule has 0 radical (unpaired) electrons. The lowest BCUT2D eigenvalue weighted by molar-refractivity contribution is -0.121. The van der Waals surface area contributed by atoms with Gasteiger partial charge in [0.25, 0.3) is 5.91 Å². The van der Waals surface area contributed by atoms with Gasteiger partial charge in [0.15, 0.2) is 11.5 Å². The van der Waals surface area contributed by atoms with Gasteiger partial charge in [-0.3, -0.25) is 4.79 Å². The zero-order valence-electron chi connectivity index (χ0n) is 13.3. The summed E-state index contributed by atoms with van der Waals surface area (Å²) in [5.74, 6) is 0.0481. The number of carbonyl (C=O) groups is 1. The van der Waals surface area contributed by atoms with Crippen LogP contribution in [0.2, 0.25) is 0 Å². The van der Waals surface area contributed by atoms with Crippen molar-refractivity contribution in [3.63, 3.8) is 0 Å². The van der Waals surface area contributed by atoms with Crippen LogP contribution in [0.3, 0.4) is 0 Å². The molecule has 0 spiro atoms. The highest BCUT2D eigenvalue weighted by Crippen LogP contribution is 2.34. The number of imidazole rings is 1. The Morgan fingerprint density at radius 1 is 1.44 bits per heavy atom. The number of methoxy groups -OCH3 is 1. The Hall–Kier alpha value is -2.87. The van der Waals surface area contributed by atoms with E-state index in [9.17, 15) is 9.90 Å². The largest absolute Gasteiger partial charge is 0.503 e. The predicted molar refractivity (Wildman–Crippen MR) is 97.8 cm³/mol. The molecule has 7 nitrogen and oxygen atoms in total. The molecule has 0 saturated carbocycles. The smallest absolute Gasteiger partial charge is 0.260 e. The Kier molecular flexibility index (Phi) is 4.99. The van der Waals surface area contributed by atoms with Crippen molar-refractivity contribution >= 4 is 39.1 Å². The molecule has 3 rings (SSSR count). The van der Waals surface area contributed by atoms with Gasteiger partial charge in [0.05, 0.1) is 35.2 Å². The van der Waals surface area contributed by atoms with Gasteiger partial charge in [0.2, 0.25) is 0 Å². The minimum absolute atomic E-state index is 0.00988. The Morgan fingerprint density at radius 3 is 3.04 bits per heavy atom. The average molecular weight is 403 g/mol. The van der Waals surface area contributed by atoms with Gasteiger partial charge in [-0.2, -0.15) is 5.10 Å². The number of benzene rings is 2. The number of carbonyl (C=O) groups excluding carboxylic acids is 1. The molecule has 1 amide bonds. The van der Waals surface area contributed by atoms with Crippen LogP contribution in [0.4, 0.5) is 0 Å². The summed E-state index contributed by atoms with van der Waals surface area (Å²) in [5.41, 5.74) is 4.85. The third kappa shape index (κ3) is 3.80. The highest BCUT2D eigenvalue weighted by molar-refractivity contribution is 9.10. The van der Waals surface area contributed by atoms with Crippen molar-refractivity contribution in [1.29, 1.82) is 0 Å². The highest BCUT2D eigenvalue weighted by Gasteiger charge is 2.08. The van der Waals surface area contributed by atoms with Crippen molar-refractivity contribution in [1.82, 2.24) is 15.0 Å². The van der Waals surface area contributed by atoms with Crippen molar-refractivity contribution in [2.75, 3.05) is 7.11 Å². The normalized spacial score (nSPS) is 11.1. The van der Waals surface area contributed by atoms with Crippen molar-refractivity contribution in [2.24, 2.45) is 5.10 Å². The average Bonchev–Trinajstić information content (AvgIpc) is 3.01. The fourth-order valence-electron chi connectivity index (χ4n) is 2.33. The first-order valence-corrected chi connectivity index (χ1v) is 8.16. The molecule has 128 valence electrons. The van der Waals surface area contributed by atoms with Crippen LogP contribution in [0.5, 0.6) is 11.5 Å². The van der Waals surface area contributed by atoms with Crippen molar-refractivity contribution < 1.29 is 14.6 Å². The number of hydrogen-bond donors (Lipinski definition) is 2. The maximum Gasteiger partial charge on any atom is 0.260 e. The maximum atomic E-state index is 12.0. The molecule has 0 unspecified atom stereocenters. The lowest BCUT2D eigenvalue weighted by atomic mass is 10.2. The number of phenolic OH excluding ortho intramolecular Hbond substituents is 1. The molecule has 25 heavy (non-hydrogen) atoms. The van der Waals surface area contributed by atoms with E-state index in [2.05, 4.69) is 31.4 Å². The Bertz CT molecular complexity index is 952. The van der Waals surface area contributed by atoms with Crippen LogP contribution in [0.1, 0.15) is 5.56 Å². The van der Waals surface area contributed by atoms with E-state index >= 15 is 0 Å². The molecule has 0 aliphatic rings. The number of nitrogens with one attached hydrogen (secondary N) is 1. The van der Waals surface area contributed by atoms with Gasteiger partial charge in [-0.1, -0.05) is 12.1 Å². The van der Waals surface area contributed by atoms with E-state index in [1.54, 1.807) is 23.0 Å². The van der Waals surface area contributed by atoms with Crippen LogP contribution in [-0.4, -0.2) is 33.9 Å². The summed E-state index contributed by atoms with van der Waals surface area (Å²) in [6.45, 7) is 0.112. The first kappa shape index (κ1) is 17.0. The molecule has 0 aliphatic carbocycles. The van der Waals surface area contributed by atoms with Gasteiger partial charge in [-0.15, -0.1) is 0 Å². The minimum Gasteiger partial charge on any atom is -0.503 e. The molecule has 3 aromatic rings. The number of ether oxygens (including phenoxy) is 1. The predicted octanol–water partition coefficient (Wildman–Crippen LogP) is 2.66. The number of hydrazone groups is 1. The molecular formula is C17H15BrN4O3. The fraction of sp³-hybridized carbons (Fsp3) is 0.118. The van der Waals surface area contributed by atoms with Crippen molar-refractivity contribution in [3.05, 3.63) is 52.8 Å². The van der Waals surface area contributed by atoms with Crippen LogP contribution < -0.4 is 10.2 Å². The number of amides is 1. The van der Waals surface area contributed by atoms with E-state index in [0.717, 1.165) is 11.0 Å². The molecule has 0 bridgehead atoms. The van der Waals surface area contributed by atoms with Gasteiger partial charge < -0.3 is 14.4 Å². The first-order chi connectivity index (χ1) is 12.1. The van der Waals surface area contributed by atoms with Crippen LogP contribution in [0.15, 0.2) is 52.3 Å². The summed E-state index contributed by atoms with van der Waals surface area (Å²) in [7, 11) is 1.46. The Labute approximate surface area is 152 Å². The number of rotatable bonds is 5. The third-order valence-corrected chi connectivity index (χ3v) is 4.12. The first-order valence-electron chi connectivity index (χ1n) is 7.37. The molecular weight excluding hydrogens is 388 g/mol. The summed E-state index contributed by atoms with van der Waals surface area (Å²) < 4.78 is 7.29. The lowest BCUT2D eigenvalue weighted by Crippen LogP contribution is -2.22. The second-order valence-electron chi connectivity index (χ2n) is 5.21. The summed E-state index contributed by atoms with van der Waals surface area (Å²) in [6, 6.07) is 10.9. The molecule has 2 N–H and O–H groups in total. The summed E-state index contributed by atoms with van der Waals surface area (Å²) in [5, 5.41) is 13.7. The van der Waals surface area contributed by atoms with E-state index in [1.165, 1.54) is 13.3 Å². The van der Waals surface area contributed by atoms with E-state index in [1.807, 2.05) is 24.3 Å². The second kappa shape index (κ2) is 7.35. The summed E-state index contributed by atoms with van der Waals surface area (Å²) in [6.07, 6.45) is 3.09. The monoisotopic (exact) mass is 402 g/mol. The minimum atomic E-state index is -0.274. The molecule has 2 aromatic carbocycles. The summed E-state index contributed by atoms with van der Waals surface area (Å²) in [4.78, 5) is 16.3. The Balaban J connectivity index is 1.66. The third-order valence-electron chi connectivity index (χ3n) is 3.51. The molecule has 0 aliphatic heterocycles. The SMILES string of the molecule is COc1cc(C=NNC(=O)Cn2cnc3ccccc32)cc(Br)c1O. The van der Waals surface area contributed by atoms with Crippen molar-refractivity contribution in [3.8, 4) is 11.5 Å². The number of phenols is 1. The van der Waals surface area contributed by atoms with E-state index in [0.29, 0.717) is 15.8 Å². The maximum absolute atomic E-state index is 12.0.